The number of imidazole rings is 1. The summed E-state index contributed by atoms with van der Waals surface area (Å²) in [5, 5.41) is 2.07. The second-order valence-electron chi connectivity index (χ2n) is 5.19. The second-order valence-corrected chi connectivity index (χ2v) is 5.19. The molecule has 2 heterocycles. The van der Waals surface area contributed by atoms with Crippen LogP contribution in [0.15, 0.2) is 48.7 Å². The van der Waals surface area contributed by atoms with Crippen molar-refractivity contribution in [2.75, 3.05) is 14.2 Å². The van der Waals surface area contributed by atoms with Gasteiger partial charge in [-0.05, 0) is 35.7 Å². The number of hydrogen-bond donors (Lipinski definition) is 1. The van der Waals surface area contributed by atoms with Crippen molar-refractivity contribution in [2.45, 2.75) is 0 Å². The van der Waals surface area contributed by atoms with E-state index in [0.29, 0.717) is 5.65 Å². The zero-order valence-electron chi connectivity index (χ0n) is 12.8. The Morgan fingerprint density at radius 2 is 1.83 bits per heavy atom. The third kappa shape index (κ3) is 2.17. The molecule has 114 valence electrons. The van der Waals surface area contributed by atoms with E-state index >= 15 is 0 Å². The number of benzene rings is 2. The summed E-state index contributed by atoms with van der Waals surface area (Å²) >= 11 is 0. The van der Waals surface area contributed by atoms with Crippen molar-refractivity contribution in [2.24, 2.45) is 0 Å². The first-order valence-electron chi connectivity index (χ1n) is 7.26. The summed E-state index contributed by atoms with van der Waals surface area (Å²) in [6.45, 7) is 0. The average molecular weight is 305 g/mol. The zero-order chi connectivity index (χ0) is 15.8. The van der Waals surface area contributed by atoms with Gasteiger partial charge in [0.25, 0.3) is 0 Å². The summed E-state index contributed by atoms with van der Waals surface area (Å²) in [6, 6.07) is 13.8. The molecule has 1 N–H and O–H groups in total. The van der Waals surface area contributed by atoms with Crippen molar-refractivity contribution >= 4 is 21.9 Å². The molecule has 2 aromatic heterocycles. The van der Waals surface area contributed by atoms with Crippen molar-refractivity contribution in [3.63, 3.8) is 0 Å². The van der Waals surface area contributed by atoms with Crippen molar-refractivity contribution in [1.29, 1.82) is 0 Å². The number of pyridine rings is 1. The lowest BCUT2D eigenvalue weighted by Gasteiger charge is -2.11. The standard InChI is InChI=1S/C18H15N3O2/c1-22-15-7-3-5-11-9-16(23-2)13(10-12(11)15)17-20-14-6-4-8-19-18(14)21-17/h3-10H,1-2H3,(H,19,20,21). The van der Waals surface area contributed by atoms with E-state index in [4.69, 9.17) is 9.47 Å². The van der Waals surface area contributed by atoms with Gasteiger partial charge in [-0.1, -0.05) is 12.1 Å². The largest absolute Gasteiger partial charge is 0.496 e. The molecule has 0 aliphatic rings. The highest BCUT2D eigenvalue weighted by atomic mass is 16.5. The fourth-order valence-electron chi connectivity index (χ4n) is 2.78. The van der Waals surface area contributed by atoms with Crippen molar-refractivity contribution in [3.05, 3.63) is 48.7 Å². The van der Waals surface area contributed by atoms with Crippen LogP contribution in [0.5, 0.6) is 11.5 Å². The molecule has 5 heteroatoms. The third-order valence-electron chi connectivity index (χ3n) is 3.89. The quantitative estimate of drug-likeness (QED) is 0.625. The van der Waals surface area contributed by atoms with Gasteiger partial charge in [0.1, 0.15) is 17.3 Å². The van der Waals surface area contributed by atoms with Crippen molar-refractivity contribution in [1.82, 2.24) is 15.0 Å². The number of fused-ring (bicyclic) bond motifs is 2. The number of aromatic nitrogens is 3. The van der Waals surface area contributed by atoms with E-state index in [1.165, 1.54) is 0 Å². The van der Waals surface area contributed by atoms with Crippen LogP contribution in [0, 0.1) is 0 Å². The first-order valence-corrected chi connectivity index (χ1v) is 7.26. The van der Waals surface area contributed by atoms with E-state index in [0.717, 1.165) is 39.2 Å². The highest BCUT2D eigenvalue weighted by molar-refractivity contribution is 5.94. The number of ether oxygens (including phenoxy) is 2. The fraction of sp³-hybridized carbons (Fsp3) is 0.111. The number of nitrogens with one attached hydrogen (secondary N) is 1. The lowest BCUT2D eigenvalue weighted by Crippen LogP contribution is -1.92. The average Bonchev–Trinajstić information content (AvgIpc) is 3.03. The molecule has 0 radical (unpaired) electrons. The van der Waals surface area contributed by atoms with Crippen LogP contribution in [0.25, 0.3) is 33.3 Å². The van der Waals surface area contributed by atoms with E-state index in [1.807, 2.05) is 42.5 Å². The van der Waals surface area contributed by atoms with Crippen molar-refractivity contribution in [3.8, 4) is 22.9 Å². The molecule has 0 aliphatic heterocycles. The van der Waals surface area contributed by atoms with Gasteiger partial charge in [-0.2, -0.15) is 0 Å². The molecule has 0 bridgehead atoms. The normalized spacial score (nSPS) is 11.0. The topological polar surface area (TPSA) is 60.0 Å². The Morgan fingerprint density at radius 1 is 0.957 bits per heavy atom. The first-order chi connectivity index (χ1) is 11.3. The Kier molecular flexibility index (Phi) is 3.12. The van der Waals surface area contributed by atoms with E-state index in [2.05, 4.69) is 15.0 Å². The maximum atomic E-state index is 5.56. The number of methoxy groups -OCH3 is 2. The number of H-pyrrole nitrogens is 1. The fourth-order valence-corrected chi connectivity index (χ4v) is 2.78. The smallest absolute Gasteiger partial charge is 0.178 e. The Labute approximate surface area is 132 Å². The number of rotatable bonds is 3. The Morgan fingerprint density at radius 3 is 2.61 bits per heavy atom. The summed E-state index contributed by atoms with van der Waals surface area (Å²) in [5.41, 5.74) is 2.46. The van der Waals surface area contributed by atoms with Crippen LogP contribution in [0.4, 0.5) is 0 Å². The summed E-state index contributed by atoms with van der Waals surface area (Å²) < 4.78 is 11.0. The summed E-state index contributed by atoms with van der Waals surface area (Å²) in [6.07, 6.45) is 1.73. The molecule has 0 saturated heterocycles. The summed E-state index contributed by atoms with van der Waals surface area (Å²) in [4.78, 5) is 12.1. The van der Waals surface area contributed by atoms with Gasteiger partial charge in [0, 0.05) is 11.6 Å². The molecule has 0 atom stereocenters. The molecule has 5 nitrogen and oxygen atoms in total. The van der Waals surface area contributed by atoms with Gasteiger partial charge < -0.3 is 14.5 Å². The Hall–Kier alpha value is -3.08. The molecule has 0 unspecified atom stereocenters. The maximum Gasteiger partial charge on any atom is 0.178 e. The predicted octanol–water partition coefficient (Wildman–Crippen LogP) is 3.80. The molecule has 0 amide bonds. The van der Waals surface area contributed by atoms with Gasteiger partial charge in [-0.25, -0.2) is 9.97 Å². The van der Waals surface area contributed by atoms with Crippen LogP contribution in [-0.2, 0) is 0 Å². The molecule has 0 saturated carbocycles. The van der Waals surface area contributed by atoms with Crippen LogP contribution < -0.4 is 9.47 Å². The Balaban J connectivity index is 2.00. The minimum atomic E-state index is 0.685. The van der Waals surface area contributed by atoms with Crippen LogP contribution in [0.3, 0.4) is 0 Å². The molecule has 0 fully saturated rings. The Bertz CT molecular complexity index is 975. The maximum absolute atomic E-state index is 5.56. The lowest BCUT2D eigenvalue weighted by molar-refractivity contribution is 0.415. The first kappa shape index (κ1) is 13.6. The van der Waals surface area contributed by atoms with E-state index in [-0.39, 0.29) is 0 Å². The lowest BCUT2D eigenvalue weighted by atomic mass is 10.0. The summed E-state index contributed by atoms with van der Waals surface area (Å²) in [5.74, 6) is 2.30. The molecule has 0 spiro atoms. The highest BCUT2D eigenvalue weighted by Crippen LogP contribution is 2.36. The second kappa shape index (κ2) is 5.28. The predicted molar refractivity (Wildman–Crippen MR) is 89.9 cm³/mol. The van der Waals surface area contributed by atoms with Crippen LogP contribution in [0.2, 0.25) is 0 Å². The van der Waals surface area contributed by atoms with Gasteiger partial charge in [0.2, 0.25) is 0 Å². The molecular formula is C18H15N3O2. The number of nitrogens with zero attached hydrogens (tertiary/aromatic N) is 2. The summed E-state index contributed by atoms with van der Waals surface area (Å²) in [7, 11) is 3.33. The van der Waals surface area contributed by atoms with Gasteiger partial charge in [0.15, 0.2) is 5.65 Å². The number of hydrogen-bond acceptors (Lipinski definition) is 4. The van der Waals surface area contributed by atoms with E-state index < -0.39 is 0 Å². The van der Waals surface area contributed by atoms with Gasteiger partial charge >= 0.3 is 0 Å². The molecular weight excluding hydrogens is 290 g/mol. The molecule has 2 aromatic carbocycles. The van der Waals surface area contributed by atoms with Gasteiger partial charge in [-0.15, -0.1) is 0 Å². The third-order valence-corrected chi connectivity index (χ3v) is 3.89. The van der Waals surface area contributed by atoms with E-state index in [1.54, 1.807) is 20.4 Å². The molecule has 4 rings (SSSR count). The molecule has 23 heavy (non-hydrogen) atoms. The van der Waals surface area contributed by atoms with Gasteiger partial charge in [0.05, 0.1) is 25.3 Å². The molecule has 0 aliphatic carbocycles. The minimum absolute atomic E-state index is 0.685. The highest BCUT2D eigenvalue weighted by Gasteiger charge is 2.14. The minimum Gasteiger partial charge on any atom is -0.496 e. The SMILES string of the molecule is COc1cc2cccc(OC)c2cc1-c1nc2ncccc2[nH]1. The number of aromatic amines is 1. The monoisotopic (exact) mass is 305 g/mol. The van der Waals surface area contributed by atoms with Crippen LogP contribution in [0.1, 0.15) is 0 Å². The molecule has 4 aromatic rings. The zero-order valence-corrected chi connectivity index (χ0v) is 12.8. The van der Waals surface area contributed by atoms with Crippen LogP contribution >= 0.6 is 0 Å². The van der Waals surface area contributed by atoms with Gasteiger partial charge in [-0.3, -0.25) is 0 Å². The van der Waals surface area contributed by atoms with Crippen LogP contribution in [-0.4, -0.2) is 29.2 Å². The van der Waals surface area contributed by atoms with Crippen molar-refractivity contribution < 1.29 is 9.47 Å². The van der Waals surface area contributed by atoms with E-state index in [9.17, 15) is 0 Å².